The third-order valence-corrected chi connectivity index (χ3v) is 6.90. The molecule has 2 amide bonds. The first kappa shape index (κ1) is 23.1. The van der Waals surface area contributed by atoms with Gasteiger partial charge in [0, 0.05) is 13.1 Å². The molecule has 1 atom stereocenters. The van der Waals surface area contributed by atoms with Crippen LogP contribution in [0, 0.1) is 6.92 Å². The van der Waals surface area contributed by atoms with E-state index in [0.29, 0.717) is 5.75 Å². The summed E-state index contributed by atoms with van der Waals surface area (Å²) >= 11 is 0. The van der Waals surface area contributed by atoms with Gasteiger partial charge in [-0.25, -0.2) is 8.42 Å². The largest absolute Gasteiger partial charge is 0.497 e. The second-order valence-electron chi connectivity index (χ2n) is 7.11. The summed E-state index contributed by atoms with van der Waals surface area (Å²) in [6.45, 7) is 1.65. The Morgan fingerprint density at radius 1 is 1.00 bits per heavy atom. The number of hydrogen-bond donors (Lipinski definition) is 2. The molecule has 1 unspecified atom stereocenters. The molecule has 3 rings (SSSR count). The Morgan fingerprint density at radius 2 is 1.72 bits per heavy atom. The van der Waals surface area contributed by atoms with Crippen molar-refractivity contribution in [1.29, 1.82) is 0 Å². The van der Waals surface area contributed by atoms with Gasteiger partial charge in [-0.05, 0) is 48.9 Å². The van der Waals surface area contributed by atoms with Crippen LogP contribution in [0.5, 0.6) is 5.75 Å². The molecule has 0 spiro atoms. The van der Waals surface area contributed by atoms with Gasteiger partial charge in [0.05, 0.1) is 18.3 Å². The first-order chi connectivity index (χ1) is 15.3. The Hall–Kier alpha value is -3.59. The molecule has 32 heavy (non-hydrogen) atoms. The Morgan fingerprint density at radius 3 is 2.38 bits per heavy atom. The lowest BCUT2D eigenvalue weighted by Gasteiger charge is -2.17. The van der Waals surface area contributed by atoms with Crippen molar-refractivity contribution in [2.45, 2.75) is 23.6 Å². The van der Waals surface area contributed by atoms with E-state index in [-0.39, 0.29) is 23.7 Å². The summed E-state index contributed by atoms with van der Waals surface area (Å²) in [5, 5.41) is 3.72. The summed E-state index contributed by atoms with van der Waals surface area (Å²) in [6.07, 6.45) is 1.36. The van der Waals surface area contributed by atoms with E-state index in [0.717, 1.165) is 11.1 Å². The molecule has 0 radical (unpaired) electrons. The molecular formula is C23H24N2O6S. The van der Waals surface area contributed by atoms with Gasteiger partial charge in [0.15, 0.2) is 9.84 Å². The third-order valence-electron chi connectivity index (χ3n) is 4.83. The number of amides is 2. The molecule has 0 aliphatic carbocycles. The van der Waals surface area contributed by atoms with Crippen molar-refractivity contribution < 1.29 is 27.2 Å². The fraction of sp³-hybridized carbons (Fsp3) is 0.217. The molecule has 168 valence electrons. The van der Waals surface area contributed by atoms with Gasteiger partial charge in [-0.15, -0.1) is 0 Å². The Labute approximate surface area is 186 Å². The van der Waals surface area contributed by atoms with E-state index in [4.69, 9.17) is 9.15 Å². The van der Waals surface area contributed by atoms with Crippen LogP contribution in [0.15, 0.2) is 76.2 Å². The molecule has 0 bridgehead atoms. The summed E-state index contributed by atoms with van der Waals surface area (Å²) in [5.74, 6) is -1.02. The number of aryl methyl sites for hydroxylation is 1. The van der Waals surface area contributed by atoms with Gasteiger partial charge in [-0.3, -0.25) is 9.59 Å². The molecule has 2 aromatic carbocycles. The quantitative estimate of drug-likeness (QED) is 0.504. The first-order valence-corrected chi connectivity index (χ1v) is 11.4. The standard InChI is InChI=1S/C23H24N2O6S/c1-16-8-10-19(11-9-16)32(28,29)21(20-7-4-12-31-20)15-25-23(27)22(26)24-14-17-5-3-6-18(13-17)30-2/h3-13,21H,14-15H2,1-2H3,(H,24,26)(H,25,27). The zero-order valence-corrected chi connectivity index (χ0v) is 18.5. The predicted octanol–water partition coefficient (Wildman–Crippen LogP) is 2.54. The molecule has 0 saturated heterocycles. The number of rotatable bonds is 8. The summed E-state index contributed by atoms with van der Waals surface area (Å²) in [7, 11) is -2.35. The summed E-state index contributed by atoms with van der Waals surface area (Å²) in [6, 6.07) is 16.5. The Balaban J connectivity index is 1.67. The maximum atomic E-state index is 13.2. The van der Waals surface area contributed by atoms with E-state index in [1.54, 1.807) is 42.5 Å². The minimum absolute atomic E-state index is 0.0984. The number of hydrogen-bond acceptors (Lipinski definition) is 6. The smallest absolute Gasteiger partial charge is 0.309 e. The van der Waals surface area contributed by atoms with Gasteiger partial charge in [0.1, 0.15) is 16.8 Å². The van der Waals surface area contributed by atoms with Crippen LogP contribution < -0.4 is 15.4 Å². The molecular weight excluding hydrogens is 432 g/mol. The van der Waals surface area contributed by atoms with Gasteiger partial charge >= 0.3 is 11.8 Å². The molecule has 0 fully saturated rings. The molecule has 0 aliphatic heterocycles. The van der Waals surface area contributed by atoms with E-state index in [2.05, 4.69) is 10.6 Å². The van der Waals surface area contributed by atoms with E-state index in [9.17, 15) is 18.0 Å². The van der Waals surface area contributed by atoms with Crippen LogP contribution in [0.2, 0.25) is 0 Å². The highest BCUT2D eigenvalue weighted by atomic mass is 32.2. The SMILES string of the molecule is COc1cccc(CNC(=O)C(=O)NCC(c2ccco2)S(=O)(=O)c2ccc(C)cc2)c1. The van der Waals surface area contributed by atoms with Crippen LogP contribution in [0.1, 0.15) is 22.1 Å². The minimum atomic E-state index is -3.88. The number of benzene rings is 2. The molecule has 0 aliphatic rings. The first-order valence-electron chi connectivity index (χ1n) is 9.84. The van der Waals surface area contributed by atoms with Crippen LogP contribution in [0.4, 0.5) is 0 Å². The van der Waals surface area contributed by atoms with Crippen LogP contribution in [0.3, 0.4) is 0 Å². The van der Waals surface area contributed by atoms with E-state index < -0.39 is 26.9 Å². The maximum Gasteiger partial charge on any atom is 0.309 e. The highest BCUT2D eigenvalue weighted by Gasteiger charge is 2.32. The Kier molecular flexibility index (Phi) is 7.32. The van der Waals surface area contributed by atoms with Gasteiger partial charge in [0.25, 0.3) is 0 Å². The van der Waals surface area contributed by atoms with E-state index in [1.807, 2.05) is 6.92 Å². The second-order valence-corrected chi connectivity index (χ2v) is 9.24. The number of carbonyl (C=O) groups excluding carboxylic acids is 2. The van der Waals surface area contributed by atoms with Crippen LogP contribution in [-0.2, 0) is 26.0 Å². The molecule has 3 aromatic rings. The zero-order chi connectivity index (χ0) is 23.1. The fourth-order valence-corrected chi connectivity index (χ4v) is 4.63. The van der Waals surface area contributed by atoms with Crippen molar-refractivity contribution >= 4 is 21.7 Å². The summed E-state index contributed by atoms with van der Waals surface area (Å²) in [4.78, 5) is 24.6. The van der Waals surface area contributed by atoms with Crippen molar-refractivity contribution in [2.24, 2.45) is 0 Å². The summed E-state index contributed by atoms with van der Waals surface area (Å²) in [5.41, 5.74) is 1.67. The molecule has 1 heterocycles. The van der Waals surface area contributed by atoms with Crippen LogP contribution in [-0.4, -0.2) is 33.9 Å². The van der Waals surface area contributed by atoms with Crippen molar-refractivity contribution in [3.8, 4) is 5.75 Å². The highest BCUT2D eigenvalue weighted by Crippen LogP contribution is 2.29. The number of carbonyl (C=O) groups is 2. The number of sulfone groups is 1. The van der Waals surface area contributed by atoms with Crippen molar-refractivity contribution in [2.75, 3.05) is 13.7 Å². The zero-order valence-electron chi connectivity index (χ0n) is 17.7. The molecule has 1 aromatic heterocycles. The highest BCUT2D eigenvalue weighted by molar-refractivity contribution is 7.91. The van der Waals surface area contributed by atoms with Crippen molar-refractivity contribution in [1.82, 2.24) is 10.6 Å². The number of furan rings is 1. The van der Waals surface area contributed by atoms with E-state index in [1.165, 1.54) is 31.6 Å². The topological polar surface area (TPSA) is 115 Å². The molecule has 9 heteroatoms. The van der Waals surface area contributed by atoms with Gasteiger partial charge in [-0.1, -0.05) is 29.8 Å². The summed E-state index contributed by atoms with van der Waals surface area (Å²) < 4.78 is 36.8. The molecule has 0 saturated carbocycles. The van der Waals surface area contributed by atoms with Gasteiger partial charge in [-0.2, -0.15) is 0 Å². The number of methoxy groups -OCH3 is 1. The maximum absolute atomic E-state index is 13.2. The monoisotopic (exact) mass is 456 g/mol. The normalized spacial score (nSPS) is 12.1. The van der Waals surface area contributed by atoms with Gasteiger partial charge in [0.2, 0.25) is 0 Å². The van der Waals surface area contributed by atoms with Gasteiger partial charge < -0.3 is 19.8 Å². The average molecular weight is 457 g/mol. The lowest BCUT2D eigenvalue weighted by atomic mass is 10.2. The van der Waals surface area contributed by atoms with E-state index >= 15 is 0 Å². The lowest BCUT2D eigenvalue weighted by molar-refractivity contribution is -0.139. The predicted molar refractivity (Wildman–Crippen MR) is 118 cm³/mol. The second kappa shape index (κ2) is 10.1. The Bertz CT molecular complexity index is 1170. The van der Waals surface area contributed by atoms with Crippen LogP contribution in [0.25, 0.3) is 0 Å². The fourth-order valence-electron chi connectivity index (χ4n) is 3.04. The molecule has 8 nitrogen and oxygen atoms in total. The average Bonchev–Trinajstić information content (AvgIpc) is 3.32. The van der Waals surface area contributed by atoms with Crippen molar-refractivity contribution in [3.63, 3.8) is 0 Å². The minimum Gasteiger partial charge on any atom is -0.497 e. The number of nitrogens with one attached hydrogen (secondary N) is 2. The third kappa shape index (κ3) is 5.55. The lowest BCUT2D eigenvalue weighted by Crippen LogP contribution is -2.42. The van der Waals surface area contributed by atoms with Crippen molar-refractivity contribution in [3.05, 3.63) is 83.8 Å². The van der Waals surface area contributed by atoms with Crippen LogP contribution >= 0.6 is 0 Å². The molecule has 2 N–H and O–H groups in total. The number of ether oxygens (including phenoxy) is 1.